The molecule has 2 aliphatic rings. The molecule has 1 aromatic carbocycles. The van der Waals surface area contributed by atoms with E-state index in [1.165, 1.54) is 11.2 Å². The number of hydrogen-bond donors (Lipinski definition) is 1. The molecule has 0 spiro atoms. The molecule has 1 aromatic rings. The molecule has 30 heavy (non-hydrogen) atoms. The largest absolute Gasteiger partial charge is 0.497 e. The first kappa shape index (κ1) is 21.8. The van der Waals surface area contributed by atoms with Gasteiger partial charge in [0.2, 0.25) is 0 Å². The number of thioether (sulfide) groups is 1. The lowest BCUT2D eigenvalue weighted by molar-refractivity contribution is -0.145. The Balaban J connectivity index is 1.83. The third kappa shape index (κ3) is 4.62. The van der Waals surface area contributed by atoms with Crippen LogP contribution in [0.3, 0.4) is 0 Å². The van der Waals surface area contributed by atoms with E-state index < -0.39 is 23.9 Å². The fourth-order valence-corrected chi connectivity index (χ4v) is 4.11. The van der Waals surface area contributed by atoms with Crippen LogP contribution >= 0.6 is 24.0 Å². The molecule has 1 amide bonds. The predicted molar refractivity (Wildman–Crippen MR) is 114 cm³/mol. The second-order valence-corrected chi connectivity index (χ2v) is 7.95. The van der Waals surface area contributed by atoms with Crippen LogP contribution in [0.4, 0.5) is 0 Å². The molecule has 1 N–H and O–H groups in total. The van der Waals surface area contributed by atoms with Gasteiger partial charge in [0.15, 0.2) is 6.04 Å². The van der Waals surface area contributed by atoms with Crippen LogP contribution in [0.2, 0.25) is 0 Å². The van der Waals surface area contributed by atoms with Crippen molar-refractivity contribution < 1.29 is 29.0 Å². The summed E-state index contributed by atoms with van der Waals surface area (Å²) in [6, 6.07) is 6.14. The lowest BCUT2D eigenvalue weighted by Gasteiger charge is -2.16. The molecule has 3 rings (SSSR count). The van der Waals surface area contributed by atoms with Crippen molar-refractivity contribution in [2.45, 2.75) is 19.4 Å². The van der Waals surface area contributed by atoms with Crippen molar-refractivity contribution in [2.24, 2.45) is 5.10 Å². The molecule has 0 radical (unpaired) electrons. The van der Waals surface area contributed by atoms with Gasteiger partial charge in [-0.25, -0.2) is 4.79 Å². The maximum absolute atomic E-state index is 12.6. The van der Waals surface area contributed by atoms with Crippen LogP contribution < -0.4 is 4.74 Å². The second kappa shape index (κ2) is 9.26. The fourth-order valence-electron chi connectivity index (χ4n) is 2.89. The monoisotopic (exact) mass is 449 g/mol. The normalized spacial score (nSPS) is 20.0. The minimum atomic E-state index is -1.07. The van der Waals surface area contributed by atoms with E-state index >= 15 is 0 Å². The summed E-state index contributed by atoms with van der Waals surface area (Å²) < 4.78 is 10.2. The van der Waals surface area contributed by atoms with Gasteiger partial charge in [-0.3, -0.25) is 19.5 Å². The highest BCUT2D eigenvalue weighted by atomic mass is 32.2. The summed E-state index contributed by atoms with van der Waals surface area (Å²) in [6.45, 7) is 1.57. The number of carbonyl (C=O) groups excluding carboxylic acids is 2. The molecule has 1 unspecified atom stereocenters. The van der Waals surface area contributed by atoms with E-state index in [1.807, 2.05) is 0 Å². The Labute approximate surface area is 182 Å². The third-order valence-electron chi connectivity index (χ3n) is 4.37. The lowest BCUT2D eigenvalue weighted by atomic mass is 10.0. The molecule has 2 aliphatic heterocycles. The van der Waals surface area contributed by atoms with Crippen LogP contribution in [-0.4, -0.2) is 69.2 Å². The number of nitrogens with zero attached hydrogens (tertiary/aromatic N) is 3. The zero-order chi connectivity index (χ0) is 21.8. The minimum absolute atomic E-state index is 0.168. The maximum atomic E-state index is 12.6. The van der Waals surface area contributed by atoms with Crippen LogP contribution in [0.5, 0.6) is 5.75 Å². The quantitative estimate of drug-likeness (QED) is 0.379. The third-order valence-corrected chi connectivity index (χ3v) is 5.73. The number of esters is 1. The molecule has 1 atom stereocenters. The molecule has 0 bridgehead atoms. The highest BCUT2D eigenvalue weighted by molar-refractivity contribution is 8.26. The van der Waals surface area contributed by atoms with Gasteiger partial charge in [0.25, 0.3) is 5.91 Å². The van der Waals surface area contributed by atoms with E-state index in [4.69, 9.17) is 21.7 Å². The first-order valence-corrected chi connectivity index (χ1v) is 10.2. The first-order valence-electron chi connectivity index (χ1n) is 8.98. The Morgan fingerprint density at radius 2 is 2.07 bits per heavy atom. The number of aliphatic carboxylic acids is 1. The molecule has 158 valence electrons. The number of benzene rings is 1. The lowest BCUT2D eigenvalue weighted by Crippen LogP contribution is -2.35. The number of carbonyl (C=O) groups is 3. The van der Waals surface area contributed by atoms with E-state index in [0.717, 1.165) is 22.2 Å². The van der Waals surface area contributed by atoms with Gasteiger partial charge >= 0.3 is 11.9 Å². The zero-order valence-corrected chi connectivity index (χ0v) is 17.9. The molecule has 0 aliphatic carbocycles. The number of thiocarbonyl (C=S) groups is 1. The molecule has 11 heteroatoms. The van der Waals surface area contributed by atoms with E-state index in [-0.39, 0.29) is 28.8 Å². The predicted octanol–water partition coefficient (Wildman–Crippen LogP) is 1.82. The Kier molecular flexibility index (Phi) is 6.73. The van der Waals surface area contributed by atoms with Crippen LogP contribution in [-0.2, 0) is 19.1 Å². The van der Waals surface area contributed by atoms with Crippen molar-refractivity contribution in [1.29, 1.82) is 0 Å². The topological polar surface area (TPSA) is 109 Å². The summed E-state index contributed by atoms with van der Waals surface area (Å²) in [5.41, 5.74) is 1.33. The molecular weight excluding hydrogens is 430 g/mol. The summed E-state index contributed by atoms with van der Waals surface area (Å²) in [4.78, 5) is 37.4. The fraction of sp³-hybridized carbons (Fsp3) is 0.316. The van der Waals surface area contributed by atoms with E-state index in [0.29, 0.717) is 11.5 Å². The summed E-state index contributed by atoms with van der Waals surface area (Å²) in [5, 5.41) is 15.2. The van der Waals surface area contributed by atoms with Crippen LogP contribution in [0.15, 0.2) is 40.5 Å². The summed E-state index contributed by atoms with van der Waals surface area (Å²) in [6.07, 6.45) is 1.53. The van der Waals surface area contributed by atoms with Crippen molar-refractivity contribution in [2.75, 3.05) is 20.3 Å². The summed E-state index contributed by atoms with van der Waals surface area (Å²) in [5.74, 6) is -1.45. The molecule has 2 heterocycles. The first-order chi connectivity index (χ1) is 14.3. The van der Waals surface area contributed by atoms with Crippen molar-refractivity contribution >= 4 is 51.9 Å². The van der Waals surface area contributed by atoms with E-state index in [1.54, 1.807) is 38.3 Å². The molecule has 0 saturated carbocycles. The van der Waals surface area contributed by atoms with Gasteiger partial charge in [-0.05, 0) is 36.8 Å². The molecule has 9 nitrogen and oxygen atoms in total. The van der Waals surface area contributed by atoms with Crippen LogP contribution in [0.1, 0.15) is 18.9 Å². The number of carboxylic acids is 1. The number of rotatable bonds is 7. The highest BCUT2D eigenvalue weighted by Crippen LogP contribution is 2.33. The number of methoxy groups -OCH3 is 1. The van der Waals surface area contributed by atoms with Gasteiger partial charge in [-0.1, -0.05) is 24.0 Å². The number of hydrogen-bond acceptors (Lipinski definition) is 9. The van der Waals surface area contributed by atoms with Gasteiger partial charge in [0.1, 0.15) is 16.6 Å². The average molecular weight is 450 g/mol. The summed E-state index contributed by atoms with van der Waals surface area (Å²) >= 11 is 6.16. The molecule has 1 fully saturated rings. The van der Waals surface area contributed by atoms with Gasteiger partial charge in [0.05, 0.1) is 24.3 Å². The van der Waals surface area contributed by atoms with Gasteiger partial charge in [-0.15, -0.1) is 0 Å². The van der Waals surface area contributed by atoms with Gasteiger partial charge in [0, 0.05) is 12.6 Å². The minimum Gasteiger partial charge on any atom is -0.497 e. The summed E-state index contributed by atoms with van der Waals surface area (Å²) in [7, 11) is 1.56. The SMILES string of the molecule is CCOC(=O)CN1C(=O)/C(=C/N2N=C(c3ccc(OC)cc3)CC2C(=O)O)SC1=S. The Hall–Kier alpha value is -2.92. The standard InChI is InChI=1S/C19H19N3O6S2/c1-3-28-16(23)10-21-17(24)15(30-19(21)29)9-22-14(18(25)26)8-13(20-22)11-4-6-12(27-2)7-5-11/h4-7,9,14H,3,8,10H2,1-2H3,(H,25,26)/b15-9-. The number of amides is 1. The maximum Gasteiger partial charge on any atom is 0.328 e. The molecule has 1 saturated heterocycles. The second-order valence-electron chi connectivity index (χ2n) is 6.27. The average Bonchev–Trinajstić information content (AvgIpc) is 3.25. The van der Waals surface area contributed by atoms with Crippen LogP contribution in [0.25, 0.3) is 0 Å². The van der Waals surface area contributed by atoms with Crippen molar-refractivity contribution in [3.8, 4) is 5.75 Å². The number of ether oxygens (including phenoxy) is 2. The van der Waals surface area contributed by atoms with Crippen molar-refractivity contribution in [1.82, 2.24) is 9.91 Å². The highest BCUT2D eigenvalue weighted by Gasteiger charge is 2.37. The van der Waals surface area contributed by atoms with E-state index in [9.17, 15) is 19.5 Å². The Bertz CT molecular complexity index is 944. The van der Waals surface area contributed by atoms with Crippen molar-refractivity contribution in [3.05, 3.63) is 40.9 Å². The Morgan fingerprint density at radius 1 is 1.37 bits per heavy atom. The molecule has 0 aromatic heterocycles. The van der Waals surface area contributed by atoms with Crippen molar-refractivity contribution in [3.63, 3.8) is 0 Å². The van der Waals surface area contributed by atoms with Crippen LogP contribution in [0, 0.1) is 0 Å². The Morgan fingerprint density at radius 3 is 2.67 bits per heavy atom. The van der Waals surface area contributed by atoms with E-state index in [2.05, 4.69) is 5.10 Å². The number of hydrazone groups is 1. The van der Waals surface area contributed by atoms with Gasteiger partial charge in [-0.2, -0.15) is 5.10 Å². The number of carboxylic acid groups (broad SMARTS) is 1. The zero-order valence-electron chi connectivity index (χ0n) is 16.2. The molecular formula is C19H19N3O6S2. The van der Waals surface area contributed by atoms with Gasteiger partial charge < -0.3 is 14.6 Å². The smallest absolute Gasteiger partial charge is 0.328 e.